The van der Waals surface area contributed by atoms with E-state index in [-0.39, 0.29) is 5.88 Å². The molecule has 0 aliphatic carbocycles. The molecule has 0 amide bonds. The molecule has 0 spiro atoms. The van der Waals surface area contributed by atoms with Crippen molar-refractivity contribution in [3.05, 3.63) is 69.2 Å². The second-order valence-corrected chi connectivity index (χ2v) is 6.46. The molecule has 124 valence electrons. The zero-order valence-corrected chi connectivity index (χ0v) is 15.3. The third-order valence-corrected chi connectivity index (χ3v) is 4.45. The van der Waals surface area contributed by atoms with Gasteiger partial charge in [-0.2, -0.15) is 5.26 Å². The van der Waals surface area contributed by atoms with Crippen molar-refractivity contribution in [2.24, 2.45) is 0 Å². The summed E-state index contributed by atoms with van der Waals surface area (Å²) < 4.78 is 5.32. The van der Waals surface area contributed by atoms with Gasteiger partial charge in [0.2, 0.25) is 5.88 Å². The van der Waals surface area contributed by atoms with E-state index in [1.165, 1.54) is 7.11 Å². The predicted molar refractivity (Wildman–Crippen MR) is 101 cm³/mol. The standard InChI is InChI=1S/C19H11Cl3N2O/c1-25-19-16(10-23)15(14-7-6-13(21)8-17(14)22)9-18(24-19)11-2-4-12(20)5-3-11/h2-9H,1H3. The molecule has 0 radical (unpaired) electrons. The molecular weight excluding hydrogens is 379 g/mol. The molecular formula is C19H11Cl3N2O. The summed E-state index contributed by atoms with van der Waals surface area (Å²) in [4.78, 5) is 4.44. The SMILES string of the molecule is COc1nc(-c2ccc(Cl)cc2)cc(-c2ccc(Cl)cc2Cl)c1C#N. The molecule has 0 N–H and O–H groups in total. The van der Waals surface area contributed by atoms with E-state index in [1.807, 2.05) is 12.1 Å². The fourth-order valence-corrected chi connectivity index (χ4v) is 3.10. The summed E-state index contributed by atoms with van der Waals surface area (Å²) in [6.07, 6.45) is 0. The van der Waals surface area contributed by atoms with Gasteiger partial charge in [-0.25, -0.2) is 4.98 Å². The summed E-state index contributed by atoms with van der Waals surface area (Å²) >= 11 is 18.3. The second kappa shape index (κ2) is 7.33. The van der Waals surface area contributed by atoms with Gasteiger partial charge in [-0.15, -0.1) is 0 Å². The topological polar surface area (TPSA) is 45.9 Å². The van der Waals surface area contributed by atoms with Crippen LogP contribution in [0.25, 0.3) is 22.4 Å². The van der Waals surface area contributed by atoms with Crippen LogP contribution in [0, 0.1) is 11.3 Å². The molecule has 0 fully saturated rings. The maximum absolute atomic E-state index is 9.58. The third kappa shape index (κ3) is 3.57. The Morgan fingerprint density at radius 2 is 1.60 bits per heavy atom. The first-order chi connectivity index (χ1) is 12.0. The third-order valence-electron chi connectivity index (χ3n) is 3.65. The Kier molecular flexibility index (Phi) is 5.15. The van der Waals surface area contributed by atoms with E-state index in [0.29, 0.717) is 37.5 Å². The van der Waals surface area contributed by atoms with Gasteiger partial charge in [0, 0.05) is 31.8 Å². The fourth-order valence-electron chi connectivity index (χ4n) is 2.47. The zero-order chi connectivity index (χ0) is 18.0. The smallest absolute Gasteiger partial charge is 0.232 e. The lowest BCUT2D eigenvalue weighted by Gasteiger charge is -2.13. The quantitative estimate of drug-likeness (QED) is 0.531. The van der Waals surface area contributed by atoms with Crippen LogP contribution in [0.1, 0.15) is 5.56 Å². The number of methoxy groups -OCH3 is 1. The number of hydrogen-bond donors (Lipinski definition) is 0. The molecule has 25 heavy (non-hydrogen) atoms. The highest BCUT2D eigenvalue weighted by atomic mass is 35.5. The monoisotopic (exact) mass is 388 g/mol. The van der Waals surface area contributed by atoms with E-state index in [0.717, 1.165) is 5.56 Å². The van der Waals surface area contributed by atoms with Crippen LogP contribution in [-0.2, 0) is 0 Å². The van der Waals surface area contributed by atoms with Crippen molar-refractivity contribution < 1.29 is 4.74 Å². The van der Waals surface area contributed by atoms with Crippen molar-refractivity contribution in [3.8, 4) is 34.3 Å². The Morgan fingerprint density at radius 3 is 2.20 bits per heavy atom. The largest absolute Gasteiger partial charge is 0.480 e. The highest BCUT2D eigenvalue weighted by Gasteiger charge is 2.17. The second-order valence-electron chi connectivity index (χ2n) is 5.18. The predicted octanol–water partition coefficient (Wildman–Crippen LogP) is 6.26. The van der Waals surface area contributed by atoms with Crippen molar-refractivity contribution in [1.82, 2.24) is 4.98 Å². The number of halogens is 3. The molecule has 0 atom stereocenters. The number of hydrogen-bond acceptors (Lipinski definition) is 3. The molecule has 0 saturated heterocycles. The van der Waals surface area contributed by atoms with Crippen LogP contribution >= 0.6 is 34.8 Å². The van der Waals surface area contributed by atoms with Gasteiger partial charge in [-0.05, 0) is 30.3 Å². The fraction of sp³-hybridized carbons (Fsp3) is 0.0526. The molecule has 3 aromatic rings. The van der Waals surface area contributed by atoms with Crippen molar-refractivity contribution >= 4 is 34.8 Å². The van der Waals surface area contributed by atoms with Gasteiger partial charge in [-0.3, -0.25) is 0 Å². The molecule has 2 aromatic carbocycles. The number of nitriles is 1. The van der Waals surface area contributed by atoms with E-state index in [9.17, 15) is 5.26 Å². The van der Waals surface area contributed by atoms with Crippen molar-refractivity contribution in [1.29, 1.82) is 5.26 Å². The minimum Gasteiger partial charge on any atom is -0.480 e. The van der Waals surface area contributed by atoms with Gasteiger partial charge in [0.25, 0.3) is 0 Å². The normalized spacial score (nSPS) is 10.4. The van der Waals surface area contributed by atoms with Gasteiger partial charge in [0.1, 0.15) is 11.6 Å². The summed E-state index contributed by atoms with van der Waals surface area (Å²) in [5, 5.41) is 11.2. The molecule has 0 unspecified atom stereocenters. The van der Waals surface area contributed by atoms with E-state index >= 15 is 0 Å². The lowest BCUT2D eigenvalue weighted by Crippen LogP contribution is -1.98. The van der Waals surface area contributed by atoms with E-state index in [1.54, 1.807) is 36.4 Å². The maximum atomic E-state index is 9.58. The van der Waals surface area contributed by atoms with Crippen molar-refractivity contribution in [2.45, 2.75) is 0 Å². The van der Waals surface area contributed by atoms with Crippen LogP contribution in [0.4, 0.5) is 0 Å². The highest BCUT2D eigenvalue weighted by Crippen LogP contribution is 2.37. The molecule has 3 rings (SSSR count). The Labute approximate surface area is 160 Å². The lowest BCUT2D eigenvalue weighted by atomic mass is 9.98. The average molecular weight is 390 g/mol. The van der Waals surface area contributed by atoms with Crippen LogP contribution < -0.4 is 4.74 Å². The van der Waals surface area contributed by atoms with E-state index in [2.05, 4.69) is 11.1 Å². The van der Waals surface area contributed by atoms with Gasteiger partial charge < -0.3 is 4.74 Å². The number of pyridine rings is 1. The van der Waals surface area contributed by atoms with Crippen molar-refractivity contribution in [3.63, 3.8) is 0 Å². The van der Waals surface area contributed by atoms with E-state index in [4.69, 9.17) is 39.5 Å². The van der Waals surface area contributed by atoms with Gasteiger partial charge in [0.05, 0.1) is 12.8 Å². The average Bonchev–Trinajstić information content (AvgIpc) is 2.61. The maximum Gasteiger partial charge on any atom is 0.232 e. The number of aromatic nitrogens is 1. The Morgan fingerprint density at radius 1 is 0.920 bits per heavy atom. The summed E-state index contributed by atoms with van der Waals surface area (Å²) in [5.74, 6) is 0.232. The Hall–Kier alpha value is -2.25. The van der Waals surface area contributed by atoms with Crippen LogP contribution in [0.5, 0.6) is 5.88 Å². The number of ether oxygens (including phenoxy) is 1. The summed E-state index contributed by atoms with van der Waals surface area (Å²) in [5.41, 5.74) is 3.11. The minimum absolute atomic E-state index is 0.232. The van der Waals surface area contributed by atoms with Gasteiger partial charge in [-0.1, -0.05) is 53.0 Å². The molecule has 0 aliphatic heterocycles. The summed E-state index contributed by atoms with van der Waals surface area (Å²) in [6, 6.07) is 16.3. The molecule has 1 aromatic heterocycles. The van der Waals surface area contributed by atoms with Gasteiger partial charge >= 0.3 is 0 Å². The number of benzene rings is 2. The minimum atomic E-state index is 0.232. The first kappa shape index (κ1) is 17.6. The van der Waals surface area contributed by atoms with Gasteiger partial charge in [0.15, 0.2) is 0 Å². The summed E-state index contributed by atoms with van der Waals surface area (Å²) in [6.45, 7) is 0. The summed E-state index contributed by atoms with van der Waals surface area (Å²) in [7, 11) is 1.47. The Balaban J connectivity index is 2.27. The first-order valence-corrected chi connectivity index (χ1v) is 8.37. The molecule has 3 nitrogen and oxygen atoms in total. The number of nitrogens with zero attached hydrogens (tertiary/aromatic N) is 2. The van der Waals surface area contributed by atoms with Crippen LogP contribution in [-0.4, -0.2) is 12.1 Å². The van der Waals surface area contributed by atoms with Crippen molar-refractivity contribution in [2.75, 3.05) is 7.11 Å². The Bertz CT molecular complexity index is 979. The molecule has 6 heteroatoms. The first-order valence-electron chi connectivity index (χ1n) is 7.24. The highest BCUT2D eigenvalue weighted by molar-refractivity contribution is 6.36. The van der Waals surface area contributed by atoms with E-state index < -0.39 is 0 Å². The van der Waals surface area contributed by atoms with Crippen LogP contribution in [0.3, 0.4) is 0 Å². The molecule has 0 aliphatic rings. The lowest BCUT2D eigenvalue weighted by molar-refractivity contribution is 0.397. The van der Waals surface area contributed by atoms with Crippen LogP contribution in [0.2, 0.25) is 15.1 Å². The van der Waals surface area contributed by atoms with Crippen LogP contribution in [0.15, 0.2) is 48.5 Å². The molecule has 0 saturated carbocycles. The molecule has 1 heterocycles. The molecule has 0 bridgehead atoms. The number of rotatable bonds is 3. The zero-order valence-electron chi connectivity index (χ0n) is 13.1.